The minimum Gasteiger partial charge on any atom is -0.298 e. The Labute approximate surface area is 79.9 Å². The Morgan fingerprint density at radius 2 is 2.15 bits per heavy atom. The van der Waals surface area contributed by atoms with Crippen LogP contribution in [0.4, 0.5) is 13.2 Å². The van der Waals surface area contributed by atoms with Crippen LogP contribution in [-0.2, 0) is 0 Å². The minimum absolute atomic E-state index is 0.0241. The van der Waals surface area contributed by atoms with Gasteiger partial charge in [0.2, 0.25) is 0 Å². The van der Waals surface area contributed by atoms with Crippen molar-refractivity contribution in [1.82, 2.24) is 4.98 Å². The summed E-state index contributed by atoms with van der Waals surface area (Å²) in [6.45, 7) is 0. The first-order chi connectivity index (χ1) is 6.06. The fourth-order valence-corrected chi connectivity index (χ4v) is 1.19. The van der Waals surface area contributed by atoms with Gasteiger partial charge in [0.25, 0.3) is 6.43 Å². The predicted octanol–water partition coefficient (Wildman–Crippen LogP) is 2.73. The highest BCUT2D eigenvalue weighted by Gasteiger charge is 2.18. The number of aromatic nitrogens is 1. The number of carbonyl (C=O) groups excluding carboxylic acids is 1. The summed E-state index contributed by atoms with van der Waals surface area (Å²) in [4.78, 5) is 13.5. The van der Waals surface area contributed by atoms with Crippen LogP contribution in [0.3, 0.4) is 0 Å². The monoisotopic (exact) mass is 253 g/mol. The van der Waals surface area contributed by atoms with E-state index >= 15 is 0 Å². The molecule has 0 aliphatic rings. The van der Waals surface area contributed by atoms with Crippen LogP contribution in [0.25, 0.3) is 0 Å². The quantitative estimate of drug-likeness (QED) is 0.600. The van der Waals surface area contributed by atoms with E-state index in [0.717, 1.165) is 6.07 Å². The van der Waals surface area contributed by atoms with E-state index in [4.69, 9.17) is 0 Å². The number of hydrogen-bond donors (Lipinski definition) is 0. The second-order valence-corrected chi connectivity index (χ2v) is 2.96. The maximum Gasteiger partial charge on any atom is 0.281 e. The molecule has 1 heterocycles. The van der Waals surface area contributed by atoms with Gasteiger partial charge in [0.15, 0.2) is 6.29 Å². The van der Waals surface area contributed by atoms with Gasteiger partial charge in [-0.05, 0) is 15.9 Å². The lowest BCUT2D eigenvalue weighted by molar-refractivity contribution is 0.109. The van der Waals surface area contributed by atoms with Gasteiger partial charge in [-0.15, -0.1) is 0 Å². The Balaban J connectivity index is 3.38. The number of carbonyl (C=O) groups is 1. The van der Waals surface area contributed by atoms with Crippen molar-refractivity contribution in [3.63, 3.8) is 0 Å². The summed E-state index contributed by atoms with van der Waals surface area (Å²) in [7, 11) is 0. The third-order valence-corrected chi connectivity index (χ3v) is 1.74. The summed E-state index contributed by atoms with van der Waals surface area (Å²) in [6.07, 6.45) is -2.94. The van der Waals surface area contributed by atoms with Gasteiger partial charge in [0, 0.05) is 6.07 Å². The van der Waals surface area contributed by atoms with E-state index in [0.29, 0.717) is 0 Å². The van der Waals surface area contributed by atoms with Gasteiger partial charge in [-0.25, -0.2) is 18.2 Å². The van der Waals surface area contributed by atoms with Gasteiger partial charge < -0.3 is 0 Å². The molecule has 0 fully saturated rings. The molecular formula is C7H3BrF3NO. The highest BCUT2D eigenvalue weighted by atomic mass is 79.9. The summed E-state index contributed by atoms with van der Waals surface area (Å²) in [5, 5.41) is 0. The molecule has 0 aliphatic carbocycles. The first-order valence-electron chi connectivity index (χ1n) is 3.15. The third-order valence-electron chi connectivity index (χ3n) is 1.33. The number of pyridine rings is 1. The molecule has 1 aromatic heterocycles. The van der Waals surface area contributed by atoms with Gasteiger partial charge in [0.1, 0.15) is 16.1 Å². The number of halogens is 4. The normalized spacial score (nSPS) is 10.5. The van der Waals surface area contributed by atoms with E-state index in [2.05, 4.69) is 20.9 Å². The molecule has 1 aromatic rings. The van der Waals surface area contributed by atoms with Crippen molar-refractivity contribution in [3.05, 3.63) is 27.7 Å². The molecule has 1 rings (SSSR count). The Bertz CT molecular complexity index is 343. The first kappa shape index (κ1) is 10.2. The molecule has 6 heteroatoms. The van der Waals surface area contributed by atoms with Crippen LogP contribution in [0, 0.1) is 5.82 Å². The topological polar surface area (TPSA) is 30.0 Å². The molecule has 0 saturated carbocycles. The average Bonchev–Trinajstić information content (AvgIpc) is 2.02. The van der Waals surface area contributed by atoms with Gasteiger partial charge >= 0.3 is 0 Å². The molecule has 0 bridgehead atoms. The van der Waals surface area contributed by atoms with E-state index in [1.165, 1.54) is 0 Å². The zero-order valence-corrected chi connectivity index (χ0v) is 7.69. The van der Waals surface area contributed by atoms with Gasteiger partial charge in [0.05, 0.1) is 5.56 Å². The van der Waals surface area contributed by atoms with E-state index in [1.54, 1.807) is 0 Å². The lowest BCUT2D eigenvalue weighted by Gasteiger charge is -2.03. The summed E-state index contributed by atoms with van der Waals surface area (Å²) in [5.74, 6) is -1.01. The Morgan fingerprint density at radius 3 is 2.62 bits per heavy atom. The van der Waals surface area contributed by atoms with Crippen molar-refractivity contribution >= 4 is 22.2 Å². The summed E-state index contributed by atoms with van der Waals surface area (Å²) >= 11 is 2.74. The van der Waals surface area contributed by atoms with Crippen molar-refractivity contribution in [3.8, 4) is 0 Å². The fraction of sp³-hybridized carbons (Fsp3) is 0.143. The fourth-order valence-electron chi connectivity index (χ4n) is 0.795. The number of hydrogen-bond acceptors (Lipinski definition) is 2. The standard InChI is InChI=1S/C7H3BrF3NO/c8-5-1-4(9)3(2-13)6(12-5)7(10)11/h1-2,7H. The Morgan fingerprint density at radius 1 is 1.54 bits per heavy atom. The first-order valence-corrected chi connectivity index (χ1v) is 3.95. The lowest BCUT2D eigenvalue weighted by atomic mass is 10.2. The smallest absolute Gasteiger partial charge is 0.281 e. The second kappa shape index (κ2) is 3.87. The molecule has 0 radical (unpaired) electrons. The number of rotatable bonds is 2. The van der Waals surface area contributed by atoms with Crippen LogP contribution in [0.15, 0.2) is 10.7 Å². The molecule has 0 amide bonds. The van der Waals surface area contributed by atoms with Crippen LogP contribution < -0.4 is 0 Å². The van der Waals surface area contributed by atoms with Crippen LogP contribution in [0.5, 0.6) is 0 Å². The molecule has 70 valence electrons. The molecule has 13 heavy (non-hydrogen) atoms. The highest BCUT2D eigenvalue weighted by molar-refractivity contribution is 9.10. The number of alkyl halides is 2. The van der Waals surface area contributed by atoms with Crippen molar-refractivity contribution in [2.75, 3.05) is 0 Å². The molecule has 0 N–H and O–H groups in total. The largest absolute Gasteiger partial charge is 0.298 e. The average molecular weight is 254 g/mol. The van der Waals surface area contributed by atoms with E-state index in [-0.39, 0.29) is 10.9 Å². The predicted molar refractivity (Wildman–Crippen MR) is 42.2 cm³/mol. The van der Waals surface area contributed by atoms with Crippen LogP contribution in [0.2, 0.25) is 0 Å². The van der Waals surface area contributed by atoms with E-state index < -0.39 is 23.5 Å². The van der Waals surface area contributed by atoms with Gasteiger partial charge in [-0.3, -0.25) is 4.79 Å². The molecule has 0 saturated heterocycles. The summed E-state index contributed by atoms with van der Waals surface area (Å²) < 4.78 is 37.1. The zero-order valence-electron chi connectivity index (χ0n) is 6.10. The SMILES string of the molecule is O=Cc1c(F)cc(Br)nc1C(F)F. The second-order valence-electron chi connectivity index (χ2n) is 2.14. The van der Waals surface area contributed by atoms with Gasteiger partial charge in [-0.1, -0.05) is 0 Å². The summed E-state index contributed by atoms with van der Waals surface area (Å²) in [6, 6.07) is 0.857. The van der Waals surface area contributed by atoms with Crippen LogP contribution >= 0.6 is 15.9 Å². The third kappa shape index (κ3) is 2.06. The zero-order chi connectivity index (χ0) is 10.0. The van der Waals surface area contributed by atoms with Crippen molar-refractivity contribution < 1.29 is 18.0 Å². The molecule has 0 unspecified atom stereocenters. The lowest BCUT2D eigenvalue weighted by Crippen LogP contribution is -2.01. The minimum atomic E-state index is -2.97. The molecule has 0 spiro atoms. The van der Waals surface area contributed by atoms with Crippen molar-refractivity contribution in [1.29, 1.82) is 0 Å². The maximum absolute atomic E-state index is 12.8. The van der Waals surface area contributed by atoms with Gasteiger partial charge in [-0.2, -0.15) is 0 Å². The molecule has 2 nitrogen and oxygen atoms in total. The molecular weight excluding hydrogens is 251 g/mol. The highest BCUT2D eigenvalue weighted by Crippen LogP contribution is 2.24. The number of aldehydes is 1. The van der Waals surface area contributed by atoms with E-state index in [1.807, 2.05) is 0 Å². The van der Waals surface area contributed by atoms with Crippen molar-refractivity contribution in [2.24, 2.45) is 0 Å². The summed E-state index contributed by atoms with van der Waals surface area (Å²) in [5.41, 5.74) is -1.54. The number of nitrogens with zero attached hydrogens (tertiary/aromatic N) is 1. The molecule has 0 aliphatic heterocycles. The maximum atomic E-state index is 12.8. The molecule has 0 aromatic carbocycles. The van der Waals surface area contributed by atoms with Crippen LogP contribution in [-0.4, -0.2) is 11.3 Å². The van der Waals surface area contributed by atoms with Crippen molar-refractivity contribution in [2.45, 2.75) is 6.43 Å². The Hall–Kier alpha value is -0.910. The van der Waals surface area contributed by atoms with E-state index in [9.17, 15) is 18.0 Å². The molecule has 0 atom stereocenters. The van der Waals surface area contributed by atoms with Crippen LogP contribution in [0.1, 0.15) is 22.5 Å². The Kier molecular flexibility index (Phi) is 3.02.